The number of hydrogen-bond acceptors (Lipinski definition) is 1. The molecule has 1 heterocycles. The first-order chi connectivity index (χ1) is 9.33. The maximum absolute atomic E-state index is 4.41. The fourth-order valence-corrected chi connectivity index (χ4v) is 2.98. The van der Waals surface area contributed by atoms with E-state index in [0.717, 1.165) is 5.69 Å². The molecule has 1 atom stereocenters. The van der Waals surface area contributed by atoms with Crippen LogP contribution in [0.3, 0.4) is 0 Å². The molecule has 0 saturated heterocycles. The Bertz CT molecular complexity index is 598. The van der Waals surface area contributed by atoms with E-state index in [0.29, 0.717) is 5.92 Å². The topological polar surface area (TPSA) is 12.9 Å². The second-order valence-electron chi connectivity index (χ2n) is 5.62. The van der Waals surface area contributed by atoms with Crippen LogP contribution in [-0.4, -0.2) is 4.98 Å². The second-order valence-corrected chi connectivity index (χ2v) is 5.62. The van der Waals surface area contributed by atoms with Crippen LogP contribution in [0.25, 0.3) is 10.8 Å². The van der Waals surface area contributed by atoms with Gasteiger partial charge in [-0.25, -0.2) is 0 Å². The summed E-state index contributed by atoms with van der Waals surface area (Å²) in [6, 6.07) is 9.06. The van der Waals surface area contributed by atoms with Gasteiger partial charge < -0.3 is 0 Å². The molecular weight excluding hydrogens is 230 g/mol. The highest BCUT2D eigenvalue weighted by molar-refractivity contribution is 5.82. The lowest BCUT2D eigenvalue weighted by atomic mass is 9.87. The standard InChI is InChI=1S/C18H21N/c1-14-11-16-9-10-17(12-18(16)13-19-14)15-7-5-3-2-4-6-8-15/h3,5,9-13,15H,2,4,6-8H2,1H3. The Morgan fingerprint density at radius 3 is 2.95 bits per heavy atom. The minimum atomic E-state index is 0.683. The monoisotopic (exact) mass is 251 g/mol. The van der Waals surface area contributed by atoms with Crippen molar-refractivity contribution in [2.24, 2.45) is 0 Å². The van der Waals surface area contributed by atoms with E-state index in [9.17, 15) is 0 Å². The molecule has 0 N–H and O–H groups in total. The molecule has 0 radical (unpaired) electrons. The summed E-state index contributed by atoms with van der Waals surface area (Å²) in [5.41, 5.74) is 2.57. The van der Waals surface area contributed by atoms with Gasteiger partial charge in [0.15, 0.2) is 0 Å². The molecule has 98 valence electrons. The van der Waals surface area contributed by atoms with Crippen LogP contribution in [0, 0.1) is 6.92 Å². The highest BCUT2D eigenvalue weighted by Crippen LogP contribution is 2.30. The predicted octanol–water partition coefficient (Wildman–Crippen LogP) is 5.15. The molecule has 3 rings (SSSR count). The fraction of sp³-hybridized carbons (Fsp3) is 0.389. The minimum absolute atomic E-state index is 0.683. The Morgan fingerprint density at radius 1 is 1.05 bits per heavy atom. The molecule has 19 heavy (non-hydrogen) atoms. The van der Waals surface area contributed by atoms with Gasteiger partial charge in [0.1, 0.15) is 0 Å². The van der Waals surface area contributed by atoms with E-state index in [1.807, 2.05) is 13.1 Å². The van der Waals surface area contributed by atoms with Gasteiger partial charge in [0.2, 0.25) is 0 Å². The lowest BCUT2D eigenvalue weighted by Gasteiger charge is -2.18. The molecular formula is C18H21N. The maximum Gasteiger partial charge on any atom is 0.0379 e. The number of allylic oxidation sites excluding steroid dienone is 2. The van der Waals surface area contributed by atoms with Gasteiger partial charge in [-0.05, 0) is 61.6 Å². The van der Waals surface area contributed by atoms with Crippen molar-refractivity contribution in [3.63, 3.8) is 0 Å². The van der Waals surface area contributed by atoms with Gasteiger partial charge in [0.05, 0.1) is 0 Å². The average Bonchev–Trinajstić information content (AvgIpc) is 2.38. The number of rotatable bonds is 1. The number of hydrogen-bond donors (Lipinski definition) is 0. The van der Waals surface area contributed by atoms with Crippen molar-refractivity contribution in [2.75, 3.05) is 0 Å². The number of benzene rings is 1. The third kappa shape index (κ3) is 2.86. The second kappa shape index (κ2) is 5.56. The summed E-state index contributed by atoms with van der Waals surface area (Å²) in [7, 11) is 0. The molecule has 1 unspecified atom stereocenters. The highest BCUT2D eigenvalue weighted by atomic mass is 14.6. The van der Waals surface area contributed by atoms with Crippen molar-refractivity contribution in [3.05, 3.63) is 53.9 Å². The quantitative estimate of drug-likeness (QED) is 0.639. The van der Waals surface area contributed by atoms with Crippen molar-refractivity contribution in [2.45, 2.75) is 44.9 Å². The largest absolute Gasteiger partial charge is 0.261 e. The summed E-state index contributed by atoms with van der Waals surface area (Å²) < 4.78 is 0. The van der Waals surface area contributed by atoms with Crippen LogP contribution < -0.4 is 0 Å². The molecule has 1 aliphatic carbocycles. The van der Waals surface area contributed by atoms with Crippen LogP contribution in [0.1, 0.15) is 49.3 Å². The number of aromatic nitrogens is 1. The van der Waals surface area contributed by atoms with Gasteiger partial charge in [-0.1, -0.05) is 30.7 Å². The van der Waals surface area contributed by atoms with Crippen molar-refractivity contribution in [3.8, 4) is 0 Å². The summed E-state index contributed by atoms with van der Waals surface area (Å²) in [4.78, 5) is 4.41. The SMILES string of the molecule is Cc1cc2ccc(C3CC=CCCCC3)cc2cn1. The zero-order valence-corrected chi connectivity index (χ0v) is 11.6. The van der Waals surface area contributed by atoms with Crippen LogP contribution >= 0.6 is 0 Å². The fourth-order valence-electron chi connectivity index (χ4n) is 2.98. The number of pyridine rings is 1. The van der Waals surface area contributed by atoms with Crippen LogP contribution in [0.2, 0.25) is 0 Å². The molecule has 0 amide bonds. The zero-order valence-electron chi connectivity index (χ0n) is 11.6. The van der Waals surface area contributed by atoms with E-state index in [2.05, 4.69) is 41.4 Å². The molecule has 0 aliphatic heterocycles. The molecule has 0 bridgehead atoms. The van der Waals surface area contributed by atoms with Crippen LogP contribution in [-0.2, 0) is 0 Å². The van der Waals surface area contributed by atoms with E-state index in [4.69, 9.17) is 0 Å². The Kier molecular flexibility index (Phi) is 3.63. The normalized spacial score (nSPS) is 20.2. The molecule has 1 aromatic carbocycles. The van der Waals surface area contributed by atoms with Gasteiger partial charge in [0.25, 0.3) is 0 Å². The van der Waals surface area contributed by atoms with Crippen molar-refractivity contribution in [1.29, 1.82) is 0 Å². The van der Waals surface area contributed by atoms with Crippen LogP contribution in [0.5, 0.6) is 0 Å². The van der Waals surface area contributed by atoms with Crippen LogP contribution in [0.4, 0.5) is 0 Å². The van der Waals surface area contributed by atoms with Crippen molar-refractivity contribution >= 4 is 10.8 Å². The molecule has 1 nitrogen and oxygen atoms in total. The summed E-state index contributed by atoms with van der Waals surface area (Å²) in [5.74, 6) is 0.683. The third-order valence-electron chi connectivity index (χ3n) is 4.11. The van der Waals surface area contributed by atoms with Crippen molar-refractivity contribution < 1.29 is 0 Å². The Morgan fingerprint density at radius 2 is 2.00 bits per heavy atom. The zero-order chi connectivity index (χ0) is 13.1. The predicted molar refractivity (Wildman–Crippen MR) is 81.4 cm³/mol. The minimum Gasteiger partial charge on any atom is -0.261 e. The lowest BCUT2D eigenvalue weighted by Crippen LogP contribution is -2.00. The lowest BCUT2D eigenvalue weighted by molar-refractivity contribution is 0.566. The molecule has 0 fully saturated rings. The smallest absolute Gasteiger partial charge is 0.0379 e. The Balaban J connectivity index is 1.93. The Labute approximate surface area is 115 Å². The van der Waals surface area contributed by atoms with Gasteiger partial charge in [-0.2, -0.15) is 0 Å². The van der Waals surface area contributed by atoms with Crippen molar-refractivity contribution in [1.82, 2.24) is 4.98 Å². The van der Waals surface area contributed by atoms with Gasteiger partial charge >= 0.3 is 0 Å². The first kappa shape index (κ1) is 12.4. The summed E-state index contributed by atoms with van der Waals surface area (Å²) in [6.07, 6.45) is 13.2. The van der Waals surface area contributed by atoms with E-state index in [-0.39, 0.29) is 0 Å². The van der Waals surface area contributed by atoms with Gasteiger partial charge in [0, 0.05) is 17.3 Å². The number of aryl methyl sites for hydroxylation is 1. The molecule has 0 spiro atoms. The molecule has 1 aliphatic rings. The highest BCUT2D eigenvalue weighted by Gasteiger charge is 2.11. The van der Waals surface area contributed by atoms with E-state index in [1.165, 1.54) is 48.4 Å². The summed E-state index contributed by atoms with van der Waals surface area (Å²) in [6.45, 7) is 2.05. The average molecular weight is 251 g/mol. The number of nitrogens with zero attached hydrogens (tertiary/aromatic N) is 1. The molecule has 0 saturated carbocycles. The first-order valence-corrected chi connectivity index (χ1v) is 7.34. The molecule has 1 heteroatoms. The summed E-state index contributed by atoms with van der Waals surface area (Å²) in [5, 5.41) is 2.58. The first-order valence-electron chi connectivity index (χ1n) is 7.34. The van der Waals surface area contributed by atoms with E-state index >= 15 is 0 Å². The van der Waals surface area contributed by atoms with Gasteiger partial charge in [-0.3, -0.25) is 4.98 Å². The third-order valence-corrected chi connectivity index (χ3v) is 4.11. The van der Waals surface area contributed by atoms with E-state index in [1.54, 1.807) is 0 Å². The van der Waals surface area contributed by atoms with Crippen LogP contribution in [0.15, 0.2) is 42.6 Å². The number of fused-ring (bicyclic) bond motifs is 1. The van der Waals surface area contributed by atoms with Gasteiger partial charge in [-0.15, -0.1) is 0 Å². The summed E-state index contributed by atoms with van der Waals surface area (Å²) >= 11 is 0. The Hall–Kier alpha value is -1.63. The maximum atomic E-state index is 4.41. The van der Waals surface area contributed by atoms with E-state index < -0.39 is 0 Å². The molecule has 1 aromatic heterocycles. The molecule has 2 aromatic rings.